The quantitative estimate of drug-likeness (QED) is 0.236. The van der Waals surface area contributed by atoms with Crippen molar-refractivity contribution in [2.45, 2.75) is 37.9 Å². The van der Waals surface area contributed by atoms with Crippen molar-refractivity contribution in [1.29, 1.82) is 0 Å². The fraction of sp³-hybridized carbons (Fsp3) is 0.276. The van der Waals surface area contributed by atoms with Crippen LogP contribution in [0.1, 0.15) is 24.0 Å². The highest BCUT2D eigenvalue weighted by atomic mass is 32.1. The number of nitro groups is 1. The van der Waals surface area contributed by atoms with Crippen LogP contribution in [0.3, 0.4) is 0 Å². The maximum absolute atomic E-state index is 13.6. The summed E-state index contributed by atoms with van der Waals surface area (Å²) >= 11 is 5.56. The first-order chi connectivity index (χ1) is 18.8. The molecule has 9 nitrogen and oxygen atoms in total. The molecule has 2 amide bonds. The Morgan fingerprint density at radius 3 is 2.31 bits per heavy atom. The monoisotopic (exact) mass is 545 g/mol. The third-order valence-electron chi connectivity index (χ3n) is 6.69. The first-order valence-electron chi connectivity index (χ1n) is 12.8. The molecule has 4 rings (SSSR count). The summed E-state index contributed by atoms with van der Waals surface area (Å²) in [4.78, 5) is 41.4. The number of nitrogens with zero attached hydrogens (tertiary/aromatic N) is 3. The lowest BCUT2D eigenvalue weighted by Crippen LogP contribution is -2.54. The molecule has 0 bridgehead atoms. The zero-order valence-corrected chi connectivity index (χ0v) is 22.5. The standard InChI is InChI=1S/C29H31N5O4S/c1-32(20-22-13-6-3-7-14-22)28(36)24(19-21-11-4-2-5-12-21)30-27(35)26-17-10-18-33(26)29(39)31-23-15-8-9-16-25(23)34(37)38/h2-9,11-16,24,26H,10,17-20H2,1H3,(H,30,35)(H,31,39)/t24-,26-/m0/s1. The molecule has 0 radical (unpaired) electrons. The third kappa shape index (κ3) is 7.17. The van der Waals surface area contributed by atoms with E-state index in [-0.39, 0.29) is 28.3 Å². The van der Waals surface area contributed by atoms with E-state index in [1.165, 1.54) is 6.07 Å². The van der Waals surface area contributed by atoms with Crippen LogP contribution in [0.15, 0.2) is 84.9 Å². The van der Waals surface area contributed by atoms with Gasteiger partial charge < -0.3 is 20.4 Å². The number of hydrogen-bond donors (Lipinski definition) is 2. The first kappa shape index (κ1) is 27.7. The molecule has 3 aromatic carbocycles. The van der Waals surface area contributed by atoms with E-state index in [1.54, 1.807) is 35.0 Å². The Kier molecular flexibility index (Phi) is 9.22. The molecular formula is C29H31N5O4S. The van der Waals surface area contributed by atoms with Gasteiger partial charge in [0.2, 0.25) is 11.8 Å². The van der Waals surface area contributed by atoms with E-state index in [0.717, 1.165) is 17.5 Å². The second kappa shape index (κ2) is 13.0. The van der Waals surface area contributed by atoms with Gasteiger partial charge in [0, 0.05) is 32.6 Å². The minimum absolute atomic E-state index is 0.102. The van der Waals surface area contributed by atoms with Crippen LogP contribution < -0.4 is 10.6 Å². The van der Waals surface area contributed by atoms with Crippen molar-refractivity contribution in [2.24, 2.45) is 0 Å². The van der Waals surface area contributed by atoms with E-state index in [4.69, 9.17) is 12.2 Å². The van der Waals surface area contributed by atoms with Crippen LogP contribution in [-0.4, -0.2) is 57.3 Å². The number of amides is 2. The summed E-state index contributed by atoms with van der Waals surface area (Å²) in [6.45, 7) is 0.940. The number of likely N-dealkylation sites (tertiary alicyclic amines) is 1. The number of para-hydroxylation sites is 2. The second-order valence-corrected chi connectivity index (χ2v) is 9.87. The Balaban J connectivity index is 1.48. The van der Waals surface area contributed by atoms with E-state index in [2.05, 4.69) is 10.6 Å². The van der Waals surface area contributed by atoms with Crippen molar-refractivity contribution in [1.82, 2.24) is 15.1 Å². The van der Waals surface area contributed by atoms with Crippen LogP contribution in [0.5, 0.6) is 0 Å². The van der Waals surface area contributed by atoms with Gasteiger partial charge in [-0.25, -0.2) is 0 Å². The topological polar surface area (TPSA) is 108 Å². The lowest BCUT2D eigenvalue weighted by molar-refractivity contribution is -0.383. The summed E-state index contributed by atoms with van der Waals surface area (Å²) in [6.07, 6.45) is 1.62. The van der Waals surface area contributed by atoms with Gasteiger partial charge in [0.1, 0.15) is 17.8 Å². The summed E-state index contributed by atoms with van der Waals surface area (Å²) in [5, 5.41) is 17.6. The molecule has 0 aliphatic carbocycles. The number of carbonyl (C=O) groups excluding carboxylic acids is 2. The highest BCUT2D eigenvalue weighted by molar-refractivity contribution is 7.80. The van der Waals surface area contributed by atoms with Gasteiger partial charge in [-0.3, -0.25) is 19.7 Å². The normalized spacial score (nSPS) is 15.3. The number of anilines is 1. The van der Waals surface area contributed by atoms with Gasteiger partial charge in [0.05, 0.1) is 4.92 Å². The molecule has 0 spiro atoms. The van der Waals surface area contributed by atoms with Gasteiger partial charge in [-0.2, -0.15) is 0 Å². The molecule has 1 aliphatic rings. The molecule has 2 N–H and O–H groups in total. The Morgan fingerprint density at radius 2 is 1.64 bits per heavy atom. The van der Waals surface area contributed by atoms with Crippen molar-refractivity contribution >= 4 is 40.5 Å². The van der Waals surface area contributed by atoms with E-state index >= 15 is 0 Å². The van der Waals surface area contributed by atoms with Crippen LogP contribution in [0.2, 0.25) is 0 Å². The zero-order chi connectivity index (χ0) is 27.8. The smallest absolute Gasteiger partial charge is 0.292 e. The van der Waals surface area contributed by atoms with Crippen molar-refractivity contribution in [3.8, 4) is 0 Å². The molecule has 1 aliphatic heterocycles. The van der Waals surface area contributed by atoms with Crippen LogP contribution in [-0.2, 0) is 22.6 Å². The molecule has 0 aromatic heterocycles. The van der Waals surface area contributed by atoms with Crippen molar-refractivity contribution in [3.63, 3.8) is 0 Å². The SMILES string of the molecule is CN(Cc1ccccc1)C(=O)[C@H](Cc1ccccc1)NC(=O)[C@@H]1CCCN1C(=S)Nc1ccccc1[N+](=O)[O-]. The maximum atomic E-state index is 13.6. The number of rotatable bonds is 9. The van der Waals surface area contributed by atoms with Crippen LogP contribution in [0.4, 0.5) is 11.4 Å². The lowest BCUT2D eigenvalue weighted by Gasteiger charge is -2.30. The molecule has 202 valence electrons. The number of benzene rings is 3. The van der Waals surface area contributed by atoms with Gasteiger partial charge in [-0.1, -0.05) is 72.8 Å². The van der Waals surface area contributed by atoms with E-state index in [1.807, 2.05) is 60.7 Å². The fourth-order valence-corrected chi connectivity index (χ4v) is 5.06. The number of nitro benzene ring substituents is 1. The third-order valence-corrected chi connectivity index (χ3v) is 7.03. The van der Waals surface area contributed by atoms with E-state index in [9.17, 15) is 19.7 Å². The number of thiocarbonyl (C=S) groups is 1. The maximum Gasteiger partial charge on any atom is 0.292 e. The largest absolute Gasteiger partial charge is 0.342 e. The number of hydrogen-bond acceptors (Lipinski definition) is 5. The Morgan fingerprint density at radius 1 is 1.03 bits per heavy atom. The number of carbonyl (C=O) groups is 2. The Bertz CT molecular complexity index is 1320. The molecule has 1 heterocycles. The second-order valence-electron chi connectivity index (χ2n) is 9.49. The summed E-state index contributed by atoms with van der Waals surface area (Å²) in [7, 11) is 1.73. The van der Waals surface area contributed by atoms with Gasteiger partial charge in [0.25, 0.3) is 5.69 Å². The Labute approximate surface area is 233 Å². The Hall–Kier alpha value is -4.31. The van der Waals surface area contributed by atoms with Crippen LogP contribution >= 0.6 is 12.2 Å². The molecule has 1 fully saturated rings. The van der Waals surface area contributed by atoms with Crippen molar-refractivity contribution in [2.75, 3.05) is 18.9 Å². The summed E-state index contributed by atoms with van der Waals surface area (Å²) in [5.74, 6) is -0.497. The zero-order valence-electron chi connectivity index (χ0n) is 21.7. The molecule has 2 atom stereocenters. The van der Waals surface area contributed by atoms with E-state index in [0.29, 0.717) is 25.9 Å². The summed E-state index contributed by atoms with van der Waals surface area (Å²) < 4.78 is 0. The highest BCUT2D eigenvalue weighted by Gasteiger charge is 2.35. The number of likely N-dealkylation sites (N-methyl/N-ethyl adjacent to an activating group) is 1. The van der Waals surface area contributed by atoms with Crippen molar-refractivity contribution in [3.05, 3.63) is 106 Å². The van der Waals surface area contributed by atoms with Crippen LogP contribution in [0.25, 0.3) is 0 Å². The molecule has 0 unspecified atom stereocenters. The summed E-state index contributed by atoms with van der Waals surface area (Å²) in [6, 6.07) is 24.1. The first-order valence-corrected chi connectivity index (χ1v) is 13.2. The molecular weight excluding hydrogens is 514 g/mol. The van der Waals surface area contributed by atoms with Crippen molar-refractivity contribution < 1.29 is 14.5 Å². The van der Waals surface area contributed by atoms with E-state index < -0.39 is 17.0 Å². The predicted molar refractivity (Wildman–Crippen MR) is 154 cm³/mol. The molecule has 39 heavy (non-hydrogen) atoms. The molecule has 0 saturated carbocycles. The van der Waals surface area contributed by atoms with Gasteiger partial charge in [-0.05, 0) is 42.3 Å². The predicted octanol–water partition coefficient (Wildman–Crippen LogP) is 4.14. The highest BCUT2D eigenvalue weighted by Crippen LogP contribution is 2.26. The minimum atomic E-state index is -0.771. The molecule has 10 heteroatoms. The fourth-order valence-electron chi connectivity index (χ4n) is 4.73. The minimum Gasteiger partial charge on any atom is -0.342 e. The van der Waals surface area contributed by atoms with Crippen LogP contribution in [0, 0.1) is 10.1 Å². The average Bonchev–Trinajstić information content (AvgIpc) is 3.44. The average molecular weight is 546 g/mol. The van der Waals surface area contributed by atoms with Gasteiger partial charge in [0.15, 0.2) is 5.11 Å². The van der Waals surface area contributed by atoms with Gasteiger partial charge >= 0.3 is 0 Å². The molecule has 3 aromatic rings. The number of nitrogens with one attached hydrogen (secondary N) is 2. The lowest BCUT2D eigenvalue weighted by atomic mass is 10.0. The molecule has 1 saturated heterocycles. The van der Waals surface area contributed by atoms with Gasteiger partial charge in [-0.15, -0.1) is 0 Å². The summed E-state index contributed by atoms with van der Waals surface area (Å²) in [5.41, 5.74) is 2.08.